The zero-order valence-corrected chi connectivity index (χ0v) is 12.1. The van der Waals surface area contributed by atoms with E-state index in [2.05, 4.69) is 17.2 Å². The summed E-state index contributed by atoms with van der Waals surface area (Å²) in [7, 11) is 1.53. The van der Waals surface area contributed by atoms with Crippen LogP contribution in [0.4, 0.5) is 10.1 Å². The number of nitrogens with two attached hydrogens (primary N) is 1. The summed E-state index contributed by atoms with van der Waals surface area (Å²) in [6.45, 7) is 0.165. The second kappa shape index (κ2) is 6.88. The maximum atomic E-state index is 13.8. The second-order valence-corrected chi connectivity index (χ2v) is 4.92. The van der Waals surface area contributed by atoms with E-state index in [1.807, 2.05) is 0 Å². The molecule has 0 aliphatic heterocycles. The molecule has 0 atom stereocenters. The van der Waals surface area contributed by atoms with Gasteiger partial charge in [-0.2, -0.15) is 0 Å². The fourth-order valence-electron chi connectivity index (χ4n) is 1.58. The predicted octanol–water partition coefficient (Wildman–Crippen LogP) is 2.46. The summed E-state index contributed by atoms with van der Waals surface area (Å²) >= 11 is 1.25. The highest BCUT2D eigenvalue weighted by atomic mass is 32.1. The lowest BCUT2D eigenvalue weighted by molar-refractivity contribution is 0.103. The van der Waals surface area contributed by atoms with Crippen LogP contribution in [-0.2, 0) is 0 Å². The topological polar surface area (TPSA) is 64.3 Å². The van der Waals surface area contributed by atoms with Crippen molar-refractivity contribution in [2.24, 2.45) is 5.73 Å². The Bertz CT molecular complexity index is 716. The van der Waals surface area contributed by atoms with Gasteiger partial charge in [-0.15, -0.1) is 11.3 Å². The van der Waals surface area contributed by atoms with Crippen molar-refractivity contribution < 1.29 is 13.9 Å². The summed E-state index contributed by atoms with van der Waals surface area (Å²) in [4.78, 5) is 12.5. The van der Waals surface area contributed by atoms with Crippen LogP contribution in [0.15, 0.2) is 29.6 Å². The number of ether oxygens (including phenoxy) is 1. The number of halogens is 1. The second-order valence-electron chi connectivity index (χ2n) is 4.01. The van der Waals surface area contributed by atoms with Crippen molar-refractivity contribution in [3.63, 3.8) is 0 Å². The third kappa shape index (κ3) is 3.81. The van der Waals surface area contributed by atoms with E-state index in [4.69, 9.17) is 10.5 Å². The van der Waals surface area contributed by atoms with Crippen LogP contribution >= 0.6 is 11.3 Å². The Kier molecular flexibility index (Phi) is 4.93. The van der Waals surface area contributed by atoms with Crippen LogP contribution in [0.1, 0.15) is 15.2 Å². The molecule has 0 spiro atoms. The molecular weight excluding hydrogens is 291 g/mol. The summed E-state index contributed by atoms with van der Waals surface area (Å²) in [6, 6.07) is 5.94. The molecule has 2 aromatic rings. The van der Waals surface area contributed by atoms with Crippen LogP contribution in [0.3, 0.4) is 0 Å². The number of anilines is 1. The molecule has 0 radical (unpaired) electrons. The molecule has 0 aliphatic carbocycles. The fourth-order valence-corrected chi connectivity index (χ4v) is 2.33. The summed E-state index contributed by atoms with van der Waals surface area (Å²) in [5, 5.41) is 4.35. The minimum Gasteiger partial charge on any atom is -0.496 e. The number of thiophene rings is 1. The van der Waals surface area contributed by atoms with E-state index in [-0.39, 0.29) is 18.0 Å². The molecule has 0 saturated heterocycles. The number of benzene rings is 1. The van der Waals surface area contributed by atoms with Crippen LogP contribution in [-0.4, -0.2) is 19.6 Å². The third-order valence-electron chi connectivity index (χ3n) is 2.59. The number of nitrogens with one attached hydrogen (secondary N) is 1. The van der Waals surface area contributed by atoms with Gasteiger partial charge in [-0.25, -0.2) is 4.39 Å². The van der Waals surface area contributed by atoms with Crippen LogP contribution in [0, 0.1) is 17.7 Å². The first-order valence-corrected chi connectivity index (χ1v) is 6.94. The summed E-state index contributed by atoms with van der Waals surface area (Å²) in [5.74, 6) is 4.99. The SMILES string of the molecule is COc1csc(C(=O)Nc2ccc(C#CCN)c(F)c2)c1. The van der Waals surface area contributed by atoms with Crippen molar-refractivity contribution in [2.45, 2.75) is 0 Å². The Morgan fingerprint density at radius 3 is 2.90 bits per heavy atom. The Morgan fingerprint density at radius 1 is 1.48 bits per heavy atom. The number of hydrogen-bond donors (Lipinski definition) is 2. The molecule has 4 nitrogen and oxygen atoms in total. The molecule has 21 heavy (non-hydrogen) atoms. The van der Waals surface area contributed by atoms with Gasteiger partial charge in [0.1, 0.15) is 11.6 Å². The summed E-state index contributed by atoms with van der Waals surface area (Å²) in [5.41, 5.74) is 5.85. The monoisotopic (exact) mass is 304 g/mol. The van der Waals surface area contributed by atoms with Crippen molar-refractivity contribution in [3.05, 3.63) is 45.9 Å². The van der Waals surface area contributed by atoms with Gasteiger partial charge in [0.05, 0.1) is 24.1 Å². The van der Waals surface area contributed by atoms with Gasteiger partial charge in [-0.1, -0.05) is 11.8 Å². The van der Waals surface area contributed by atoms with Crippen LogP contribution in [0.2, 0.25) is 0 Å². The molecule has 0 aliphatic rings. The number of carbonyl (C=O) groups excluding carboxylic acids is 1. The summed E-state index contributed by atoms with van der Waals surface area (Å²) in [6.07, 6.45) is 0. The largest absolute Gasteiger partial charge is 0.496 e. The van der Waals surface area contributed by atoms with E-state index >= 15 is 0 Å². The lowest BCUT2D eigenvalue weighted by Gasteiger charge is -2.04. The first kappa shape index (κ1) is 15.0. The minimum atomic E-state index is -0.502. The number of amides is 1. The Balaban J connectivity index is 2.12. The van der Waals surface area contributed by atoms with Crippen molar-refractivity contribution in [2.75, 3.05) is 19.0 Å². The van der Waals surface area contributed by atoms with Gasteiger partial charge in [0, 0.05) is 17.1 Å². The van der Waals surface area contributed by atoms with Crippen LogP contribution < -0.4 is 15.8 Å². The Hall–Kier alpha value is -2.36. The third-order valence-corrected chi connectivity index (χ3v) is 3.49. The van der Waals surface area contributed by atoms with Crippen molar-refractivity contribution in [3.8, 4) is 17.6 Å². The fraction of sp³-hybridized carbons (Fsp3) is 0.133. The number of methoxy groups -OCH3 is 1. The lowest BCUT2D eigenvalue weighted by Crippen LogP contribution is -2.10. The van der Waals surface area contributed by atoms with E-state index in [0.29, 0.717) is 16.3 Å². The van der Waals surface area contributed by atoms with Crippen LogP contribution in [0.5, 0.6) is 5.75 Å². The number of hydrogen-bond acceptors (Lipinski definition) is 4. The maximum Gasteiger partial charge on any atom is 0.265 e. The van der Waals surface area contributed by atoms with E-state index in [9.17, 15) is 9.18 Å². The van der Waals surface area contributed by atoms with Gasteiger partial charge < -0.3 is 15.8 Å². The molecule has 1 heterocycles. The van der Waals surface area contributed by atoms with Gasteiger partial charge in [-0.05, 0) is 18.2 Å². The predicted molar refractivity (Wildman–Crippen MR) is 81.2 cm³/mol. The average Bonchev–Trinajstić information content (AvgIpc) is 2.95. The first-order valence-electron chi connectivity index (χ1n) is 6.06. The van der Waals surface area contributed by atoms with Crippen molar-refractivity contribution >= 4 is 22.9 Å². The molecule has 0 saturated carbocycles. The van der Waals surface area contributed by atoms with Gasteiger partial charge in [0.15, 0.2) is 0 Å². The number of rotatable bonds is 3. The maximum absolute atomic E-state index is 13.8. The molecule has 1 amide bonds. The standard InChI is InChI=1S/C15H13FN2O2S/c1-20-12-8-14(21-9-12)15(19)18-11-5-4-10(3-2-6-17)13(16)7-11/h4-5,7-9H,6,17H2,1H3,(H,18,19). The quantitative estimate of drug-likeness (QED) is 0.856. The highest BCUT2D eigenvalue weighted by molar-refractivity contribution is 7.12. The Morgan fingerprint density at radius 2 is 2.29 bits per heavy atom. The van der Waals surface area contributed by atoms with Gasteiger partial charge >= 0.3 is 0 Å². The molecular formula is C15H13FN2O2S. The van der Waals surface area contributed by atoms with E-state index in [1.54, 1.807) is 17.5 Å². The molecule has 0 bridgehead atoms. The minimum absolute atomic E-state index is 0.165. The molecule has 0 unspecified atom stereocenters. The molecule has 0 fully saturated rings. The molecule has 2 rings (SSSR count). The zero-order valence-electron chi connectivity index (χ0n) is 11.3. The molecule has 108 valence electrons. The first-order chi connectivity index (χ1) is 10.1. The van der Waals surface area contributed by atoms with Crippen molar-refractivity contribution in [1.29, 1.82) is 0 Å². The van der Waals surface area contributed by atoms with E-state index in [0.717, 1.165) is 0 Å². The van der Waals surface area contributed by atoms with Gasteiger partial charge in [0.2, 0.25) is 0 Å². The highest BCUT2D eigenvalue weighted by Crippen LogP contribution is 2.22. The smallest absolute Gasteiger partial charge is 0.265 e. The lowest BCUT2D eigenvalue weighted by atomic mass is 10.2. The molecule has 1 aromatic heterocycles. The average molecular weight is 304 g/mol. The van der Waals surface area contributed by atoms with Crippen LogP contribution in [0.25, 0.3) is 0 Å². The van der Waals surface area contributed by atoms with Gasteiger partial charge in [-0.3, -0.25) is 4.79 Å². The molecule has 3 N–H and O–H groups in total. The van der Waals surface area contributed by atoms with E-state index < -0.39 is 5.82 Å². The normalized spacial score (nSPS) is 9.67. The van der Waals surface area contributed by atoms with E-state index in [1.165, 1.54) is 30.6 Å². The number of carbonyl (C=O) groups is 1. The zero-order chi connectivity index (χ0) is 15.2. The Labute approximate surface area is 125 Å². The molecule has 1 aromatic carbocycles. The van der Waals surface area contributed by atoms with Gasteiger partial charge in [0.25, 0.3) is 5.91 Å². The van der Waals surface area contributed by atoms with Crippen molar-refractivity contribution in [1.82, 2.24) is 0 Å². The molecule has 6 heteroatoms. The highest BCUT2D eigenvalue weighted by Gasteiger charge is 2.11. The summed E-state index contributed by atoms with van der Waals surface area (Å²) < 4.78 is 18.8.